The van der Waals surface area contributed by atoms with E-state index in [0.29, 0.717) is 13.0 Å². The Hall–Kier alpha value is -3.68. The summed E-state index contributed by atoms with van der Waals surface area (Å²) in [6.45, 7) is 0.0807. The molecule has 0 spiro atoms. The van der Waals surface area contributed by atoms with Crippen molar-refractivity contribution in [1.82, 2.24) is 14.4 Å². The van der Waals surface area contributed by atoms with Crippen molar-refractivity contribution >= 4 is 28.8 Å². The quantitative estimate of drug-likeness (QED) is 0.674. The van der Waals surface area contributed by atoms with Gasteiger partial charge in [0.05, 0.1) is 6.54 Å². The first-order chi connectivity index (χ1) is 14.4. The van der Waals surface area contributed by atoms with Gasteiger partial charge in [-0.2, -0.15) is 0 Å². The van der Waals surface area contributed by atoms with Gasteiger partial charge >= 0.3 is 12.0 Å². The third kappa shape index (κ3) is 2.75. The zero-order valence-electron chi connectivity index (χ0n) is 15.9. The van der Waals surface area contributed by atoms with Gasteiger partial charge in [-0.05, 0) is 29.3 Å². The number of carboxylic acids is 1. The molecule has 2 aromatic carbocycles. The Kier molecular flexibility index (Phi) is 4.09. The normalized spacial score (nSPS) is 18.1. The van der Waals surface area contributed by atoms with Gasteiger partial charge in [0.2, 0.25) is 0 Å². The fraction of sp³-hybridized carbons (Fsp3) is 0.227. The maximum Gasteiger partial charge on any atom is 0.328 e. The molecule has 8 heteroatoms. The number of rotatable bonds is 4. The van der Waals surface area contributed by atoms with Crippen molar-refractivity contribution in [3.05, 3.63) is 71.2 Å². The highest BCUT2D eigenvalue weighted by molar-refractivity contribution is 6.06. The topological polar surface area (TPSA) is 82.8 Å². The number of halogens is 1. The predicted octanol–water partition coefficient (Wildman–Crippen LogP) is 2.60. The van der Waals surface area contributed by atoms with Crippen molar-refractivity contribution in [3.8, 4) is 0 Å². The number of nitrogens with zero attached hydrogens (tertiary/aromatic N) is 3. The highest BCUT2D eigenvalue weighted by Crippen LogP contribution is 2.36. The van der Waals surface area contributed by atoms with Crippen molar-refractivity contribution < 1.29 is 23.9 Å². The number of hydrogen-bond acceptors (Lipinski definition) is 3. The number of hydrogen-bond donors (Lipinski definition) is 1. The van der Waals surface area contributed by atoms with Crippen LogP contribution < -0.4 is 0 Å². The molecule has 1 unspecified atom stereocenters. The Balaban J connectivity index is 1.58. The Morgan fingerprint density at radius 1 is 1.10 bits per heavy atom. The van der Waals surface area contributed by atoms with Crippen LogP contribution in [0.25, 0.3) is 10.9 Å². The second-order valence-corrected chi connectivity index (χ2v) is 7.60. The van der Waals surface area contributed by atoms with Crippen LogP contribution in [-0.2, 0) is 29.1 Å². The van der Waals surface area contributed by atoms with Crippen LogP contribution in [0.3, 0.4) is 0 Å². The molecular formula is C22H18FN3O4. The van der Waals surface area contributed by atoms with Gasteiger partial charge < -0.3 is 14.6 Å². The molecule has 1 atom stereocenters. The molecule has 3 heterocycles. The van der Waals surface area contributed by atoms with E-state index in [1.807, 2.05) is 24.3 Å². The van der Waals surface area contributed by atoms with Crippen LogP contribution >= 0.6 is 0 Å². The molecule has 7 nitrogen and oxygen atoms in total. The molecule has 1 fully saturated rings. The second-order valence-electron chi connectivity index (χ2n) is 7.60. The van der Waals surface area contributed by atoms with Crippen molar-refractivity contribution in [2.75, 3.05) is 6.54 Å². The van der Waals surface area contributed by atoms with Crippen molar-refractivity contribution in [3.63, 3.8) is 0 Å². The third-order valence-corrected chi connectivity index (χ3v) is 5.86. The summed E-state index contributed by atoms with van der Waals surface area (Å²) < 4.78 is 15.4. The van der Waals surface area contributed by atoms with Crippen molar-refractivity contribution in [2.45, 2.75) is 25.6 Å². The molecule has 1 N–H and O–H groups in total. The highest BCUT2D eigenvalue weighted by atomic mass is 19.1. The first kappa shape index (κ1) is 18.4. The molecule has 5 rings (SSSR count). The van der Waals surface area contributed by atoms with E-state index in [9.17, 15) is 18.8 Å². The molecule has 1 aromatic heterocycles. The number of aromatic nitrogens is 1. The average molecular weight is 407 g/mol. The number of amides is 3. The third-order valence-electron chi connectivity index (χ3n) is 5.86. The lowest BCUT2D eigenvalue weighted by Crippen LogP contribution is -2.40. The Bertz CT molecular complexity index is 1200. The Labute approximate surface area is 170 Å². The van der Waals surface area contributed by atoms with Gasteiger partial charge in [0.1, 0.15) is 18.4 Å². The van der Waals surface area contributed by atoms with Crippen LogP contribution in [0.2, 0.25) is 0 Å². The lowest BCUT2D eigenvalue weighted by atomic mass is 9.97. The number of fused-ring (bicyclic) bond motifs is 4. The molecule has 3 aromatic rings. The maximum absolute atomic E-state index is 13.3. The molecule has 0 radical (unpaired) electrons. The summed E-state index contributed by atoms with van der Waals surface area (Å²) in [6.07, 6.45) is 0.340. The van der Waals surface area contributed by atoms with Crippen LogP contribution in [0.15, 0.2) is 48.5 Å². The number of benzene rings is 2. The van der Waals surface area contributed by atoms with E-state index in [-0.39, 0.29) is 12.4 Å². The number of imide groups is 1. The van der Waals surface area contributed by atoms with Crippen LogP contribution in [0.4, 0.5) is 9.18 Å². The average Bonchev–Trinajstić information content (AvgIpc) is 3.16. The zero-order chi connectivity index (χ0) is 21.0. The number of carbonyl (C=O) groups is 3. The number of para-hydroxylation sites is 1. The van der Waals surface area contributed by atoms with Gasteiger partial charge in [0.15, 0.2) is 0 Å². The van der Waals surface area contributed by atoms with Crippen LogP contribution in [0.1, 0.15) is 16.8 Å². The zero-order valence-corrected chi connectivity index (χ0v) is 15.9. The van der Waals surface area contributed by atoms with E-state index in [0.717, 1.165) is 32.6 Å². The van der Waals surface area contributed by atoms with Crippen molar-refractivity contribution in [2.24, 2.45) is 0 Å². The van der Waals surface area contributed by atoms with Crippen LogP contribution in [-0.4, -0.2) is 50.0 Å². The fourth-order valence-electron chi connectivity index (χ4n) is 4.50. The number of carbonyl (C=O) groups excluding carboxylic acids is 2. The van der Waals surface area contributed by atoms with E-state index < -0.39 is 30.5 Å². The molecule has 30 heavy (non-hydrogen) atoms. The SMILES string of the molecule is O=C(O)CN1C(=O)C2Cc3c(n(Cc4ccc(F)cc4)c4ccccc34)CN2C1=O. The first-order valence-electron chi connectivity index (χ1n) is 9.61. The standard InChI is InChI=1S/C22H18FN3O4/c23-14-7-5-13(6-8-14)10-24-17-4-2-1-3-15(17)16-9-18-21(29)26(12-20(27)28)22(30)25(18)11-19(16)24/h1-8,18H,9-12H2,(H,27,28). The van der Waals surface area contributed by atoms with Gasteiger partial charge in [-0.1, -0.05) is 30.3 Å². The van der Waals surface area contributed by atoms with Gasteiger partial charge in [0, 0.05) is 29.6 Å². The smallest absolute Gasteiger partial charge is 0.328 e. The molecule has 3 amide bonds. The fourth-order valence-corrected chi connectivity index (χ4v) is 4.50. The molecular weight excluding hydrogens is 389 g/mol. The van der Waals surface area contributed by atoms with E-state index in [1.54, 1.807) is 12.1 Å². The van der Waals surface area contributed by atoms with E-state index >= 15 is 0 Å². The van der Waals surface area contributed by atoms with Crippen LogP contribution in [0, 0.1) is 5.82 Å². The minimum absolute atomic E-state index is 0.219. The summed E-state index contributed by atoms with van der Waals surface area (Å²) in [5, 5.41) is 10.1. The monoisotopic (exact) mass is 407 g/mol. The summed E-state index contributed by atoms with van der Waals surface area (Å²) in [6, 6.07) is 12.8. The summed E-state index contributed by atoms with van der Waals surface area (Å²) in [4.78, 5) is 38.8. The van der Waals surface area contributed by atoms with Gasteiger partial charge in [-0.25, -0.2) is 9.18 Å². The molecule has 152 valence electrons. The summed E-state index contributed by atoms with van der Waals surface area (Å²) in [5.74, 6) is -2.00. The van der Waals surface area contributed by atoms with Crippen molar-refractivity contribution in [1.29, 1.82) is 0 Å². The minimum Gasteiger partial charge on any atom is -0.480 e. The van der Waals surface area contributed by atoms with Gasteiger partial charge in [-0.3, -0.25) is 14.5 Å². The van der Waals surface area contributed by atoms with E-state index in [1.165, 1.54) is 17.0 Å². The van der Waals surface area contributed by atoms with E-state index in [4.69, 9.17) is 5.11 Å². The summed E-state index contributed by atoms with van der Waals surface area (Å²) in [5.41, 5.74) is 3.80. The molecule has 0 bridgehead atoms. The van der Waals surface area contributed by atoms with Gasteiger partial charge in [0.25, 0.3) is 5.91 Å². The largest absolute Gasteiger partial charge is 0.480 e. The van der Waals surface area contributed by atoms with Gasteiger partial charge in [-0.15, -0.1) is 0 Å². The number of carboxylic acid groups (broad SMARTS) is 1. The molecule has 0 saturated carbocycles. The lowest BCUT2D eigenvalue weighted by molar-refractivity contribution is -0.141. The molecule has 2 aliphatic rings. The molecule has 1 saturated heterocycles. The van der Waals surface area contributed by atoms with Crippen LogP contribution in [0.5, 0.6) is 0 Å². The molecule has 2 aliphatic heterocycles. The Morgan fingerprint density at radius 2 is 1.83 bits per heavy atom. The number of urea groups is 1. The Morgan fingerprint density at radius 3 is 2.57 bits per heavy atom. The second kappa shape index (κ2) is 6.69. The summed E-state index contributed by atoms with van der Waals surface area (Å²) >= 11 is 0. The number of aliphatic carboxylic acids is 1. The van der Waals surface area contributed by atoms with E-state index in [2.05, 4.69) is 4.57 Å². The minimum atomic E-state index is -1.22. The molecule has 0 aliphatic carbocycles. The first-order valence-corrected chi connectivity index (χ1v) is 9.61. The predicted molar refractivity (Wildman–Crippen MR) is 105 cm³/mol. The summed E-state index contributed by atoms with van der Waals surface area (Å²) in [7, 11) is 0. The highest BCUT2D eigenvalue weighted by Gasteiger charge is 2.48. The lowest BCUT2D eigenvalue weighted by Gasteiger charge is -2.28. The maximum atomic E-state index is 13.3.